The number of hydrogen-bond acceptors (Lipinski definition) is 4. The summed E-state index contributed by atoms with van der Waals surface area (Å²) < 4.78 is 8.99. The van der Waals surface area contributed by atoms with E-state index in [1.54, 1.807) is 48.5 Å². The van der Waals surface area contributed by atoms with Gasteiger partial charge in [0.15, 0.2) is 0 Å². The molecule has 0 spiro atoms. The number of esters is 2. The van der Waals surface area contributed by atoms with E-state index in [1.165, 1.54) is 37.8 Å². The Balaban J connectivity index is -0.000000101. The molecule has 0 fully saturated rings. The quantitative estimate of drug-likeness (QED) is 0.131. The maximum absolute atomic E-state index is 10.8. The zero-order valence-corrected chi connectivity index (χ0v) is 43.7. The molecule has 5 aromatic rings. The van der Waals surface area contributed by atoms with Gasteiger partial charge in [0.2, 0.25) is 0 Å². The molecule has 0 aromatic heterocycles. The van der Waals surface area contributed by atoms with Gasteiger partial charge in [-0.05, 0) is 45.9 Å². The van der Waals surface area contributed by atoms with Crippen molar-refractivity contribution < 1.29 is 84.5 Å². The summed E-state index contributed by atoms with van der Waals surface area (Å²) in [5.41, 5.74) is 2.26. The molecule has 5 rings (SSSR count). The number of hydrogen-bond donors (Lipinski definition) is 0. The Kier molecular flexibility index (Phi) is 55.1. The molecule has 0 heterocycles. The number of carbonyl (C=O) groups excluding carboxylic acids is 2. The molecule has 0 saturated carbocycles. The normalized spacial score (nSPS) is 8.61. The molecular formula is C50H76O4Y2-2. The zero-order chi connectivity index (χ0) is 40.3. The first-order chi connectivity index (χ1) is 24.8. The van der Waals surface area contributed by atoms with Gasteiger partial charge in [0, 0.05) is 65.4 Å². The van der Waals surface area contributed by atoms with Crippen LogP contribution in [0.5, 0.6) is 0 Å². The predicted molar refractivity (Wildman–Crippen MR) is 241 cm³/mol. The van der Waals surface area contributed by atoms with Crippen LogP contribution in [0.25, 0.3) is 10.8 Å². The van der Waals surface area contributed by atoms with E-state index >= 15 is 0 Å². The number of fused-ring (bicyclic) bond motifs is 1. The summed E-state index contributed by atoms with van der Waals surface area (Å²) in [6, 6.07) is 46.5. The molecule has 56 heavy (non-hydrogen) atoms. The summed E-state index contributed by atoms with van der Waals surface area (Å²) in [7, 11) is 2.74. The SMILES string of the molecule is CC.CC.CCC(C)(C)C.CCC(C)(C)C.COC(=O)c1ccccc1.COC(=O)c1ccccc1.[CH3-].[CH3-].[Y].[Y].c1ccc2ccccc2c1.c1ccccc1. The van der Waals surface area contributed by atoms with Crippen LogP contribution in [0.15, 0.2) is 146 Å². The fraction of sp³-hybridized carbons (Fsp3) is 0.360. The Morgan fingerprint density at radius 2 is 0.571 bits per heavy atom. The minimum Gasteiger partial charge on any atom is -0.465 e. The van der Waals surface area contributed by atoms with Gasteiger partial charge in [0.1, 0.15) is 0 Å². The minimum atomic E-state index is -0.291. The largest absolute Gasteiger partial charge is 0.465 e. The smallest absolute Gasteiger partial charge is 0.337 e. The first-order valence-electron chi connectivity index (χ1n) is 18.5. The topological polar surface area (TPSA) is 52.6 Å². The second-order valence-corrected chi connectivity index (χ2v) is 13.0. The molecule has 0 aliphatic carbocycles. The average molecular weight is 919 g/mol. The summed E-state index contributed by atoms with van der Waals surface area (Å²) in [5.74, 6) is -0.582. The monoisotopic (exact) mass is 918 g/mol. The fourth-order valence-corrected chi connectivity index (χ4v) is 2.90. The van der Waals surface area contributed by atoms with Crippen molar-refractivity contribution in [2.45, 2.75) is 95.9 Å². The fourth-order valence-electron chi connectivity index (χ4n) is 2.90. The molecule has 0 aliphatic heterocycles. The van der Waals surface area contributed by atoms with Crippen molar-refractivity contribution in [2.24, 2.45) is 10.8 Å². The van der Waals surface area contributed by atoms with Gasteiger partial charge < -0.3 is 24.3 Å². The molecule has 0 amide bonds. The maximum atomic E-state index is 10.8. The van der Waals surface area contributed by atoms with Crippen LogP contribution in [-0.4, -0.2) is 26.2 Å². The van der Waals surface area contributed by atoms with E-state index in [9.17, 15) is 9.59 Å². The van der Waals surface area contributed by atoms with Crippen molar-refractivity contribution in [3.8, 4) is 0 Å². The van der Waals surface area contributed by atoms with E-state index in [0.717, 1.165) is 0 Å². The van der Waals surface area contributed by atoms with Gasteiger partial charge in [0.25, 0.3) is 0 Å². The van der Waals surface area contributed by atoms with E-state index in [0.29, 0.717) is 22.0 Å². The third kappa shape index (κ3) is 42.6. The summed E-state index contributed by atoms with van der Waals surface area (Å²) in [6.45, 7) is 25.9. The number of methoxy groups -OCH3 is 2. The van der Waals surface area contributed by atoms with Crippen LogP contribution in [0, 0.1) is 25.7 Å². The van der Waals surface area contributed by atoms with Crippen molar-refractivity contribution >= 4 is 22.7 Å². The Morgan fingerprint density at radius 1 is 0.411 bits per heavy atom. The van der Waals surface area contributed by atoms with Gasteiger partial charge in [-0.1, -0.05) is 217 Å². The van der Waals surface area contributed by atoms with Gasteiger partial charge >= 0.3 is 11.9 Å². The van der Waals surface area contributed by atoms with E-state index in [-0.39, 0.29) is 92.2 Å². The molecule has 2 radical (unpaired) electrons. The van der Waals surface area contributed by atoms with Crippen molar-refractivity contribution in [3.05, 3.63) is 172 Å². The molecule has 0 atom stereocenters. The first-order valence-corrected chi connectivity index (χ1v) is 18.5. The average Bonchev–Trinajstić information content (AvgIpc) is 3.21. The molecular weight excluding hydrogens is 842 g/mol. The third-order valence-electron chi connectivity index (χ3n) is 6.84. The van der Waals surface area contributed by atoms with Gasteiger partial charge in [-0.15, -0.1) is 0 Å². The molecule has 0 bridgehead atoms. The summed E-state index contributed by atoms with van der Waals surface area (Å²) in [4.78, 5) is 21.6. The molecule has 0 unspecified atom stereocenters. The number of ether oxygens (including phenoxy) is 2. The van der Waals surface area contributed by atoms with Crippen LogP contribution in [0.1, 0.15) is 117 Å². The molecule has 308 valence electrons. The van der Waals surface area contributed by atoms with Gasteiger partial charge in [-0.25, -0.2) is 9.59 Å². The van der Waals surface area contributed by atoms with Crippen molar-refractivity contribution in [1.29, 1.82) is 0 Å². The summed E-state index contributed by atoms with van der Waals surface area (Å²) in [5, 5.41) is 2.62. The molecule has 0 aliphatic rings. The zero-order valence-electron chi connectivity index (χ0n) is 38.1. The van der Waals surface area contributed by atoms with Gasteiger partial charge in [-0.2, -0.15) is 0 Å². The van der Waals surface area contributed by atoms with Crippen LogP contribution in [0.2, 0.25) is 0 Å². The minimum absolute atomic E-state index is 0. The Bertz CT molecular complexity index is 1340. The van der Waals surface area contributed by atoms with E-state index < -0.39 is 0 Å². The second-order valence-electron chi connectivity index (χ2n) is 13.0. The van der Waals surface area contributed by atoms with Crippen molar-refractivity contribution in [3.63, 3.8) is 0 Å². The Morgan fingerprint density at radius 3 is 0.732 bits per heavy atom. The molecule has 0 N–H and O–H groups in total. The van der Waals surface area contributed by atoms with Gasteiger partial charge in [0.05, 0.1) is 25.3 Å². The van der Waals surface area contributed by atoms with Gasteiger partial charge in [-0.3, -0.25) is 0 Å². The molecule has 4 nitrogen and oxygen atoms in total. The van der Waals surface area contributed by atoms with Crippen molar-refractivity contribution in [2.75, 3.05) is 14.2 Å². The van der Waals surface area contributed by atoms with E-state index in [4.69, 9.17) is 0 Å². The Hall–Kier alpha value is -2.49. The summed E-state index contributed by atoms with van der Waals surface area (Å²) in [6.07, 6.45) is 2.54. The first kappa shape index (κ1) is 68.2. The van der Waals surface area contributed by atoms with Crippen LogP contribution in [-0.2, 0) is 74.9 Å². The van der Waals surface area contributed by atoms with Crippen LogP contribution >= 0.6 is 0 Å². The third-order valence-corrected chi connectivity index (χ3v) is 6.84. The second kappa shape index (κ2) is 45.2. The van der Waals surface area contributed by atoms with Crippen molar-refractivity contribution in [1.82, 2.24) is 0 Å². The summed E-state index contributed by atoms with van der Waals surface area (Å²) >= 11 is 0. The van der Waals surface area contributed by atoms with Crippen LogP contribution in [0.4, 0.5) is 0 Å². The molecule has 0 saturated heterocycles. The number of carbonyl (C=O) groups is 2. The maximum Gasteiger partial charge on any atom is 0.337 e. The molecule has 5 aromatic carbocycles. The Labute approximate surface area is 396 Å². The standard InChI is InChI=1S/C10H8.2C8H8O2.C6H6.2C6H14.2C2H6.2CH3.2Y/c1-2-6-10-8-4-3-7-9(10)5-1;2*1-10-8(9)7-5-3-2-4-6-7;1-2-4-6-5-3-1;2*1-5-6(2,3)4;2*1-2;;;;/h1-8H;2*2-6H,1H3;1-6H;2*5H2,1-4H3;2*1-2H3;2*1H3;;/q;;;;;;;;2*-1;;. The number of rotatable bonds is 2. The van der Waals surface area contributed by atoms with E-state index in [1.807, 2.05) is 76.2 Å². The van der Waals surface area contributed by atoms with Crippen LogP contribution in [0.3, 0.4) is 0 Å². The van der Waals surface area contributed by atoms with E-state index in [2.05, 4.69) is 113 Å². The predicted octanol–water partition coefficient (Wildman–Crippen LogP) is 15.3. The van der Waals surface area contributed by atoms with Crippen LogP contribution < -0.4 is 0 Å². The number of benzene rings is 5. The molecule has 6 heteroatoms.